The molecule has 0 atom stereocenters. The first-order chi connectivity index (χ1) is 17.9. The van der Waals surface area contributed by atoms with Gasteiger partial charge in [0, 0.05) is 10.9 Å². The van der Waals surface area contributed by atoms with E-state index in [2.05, 4.69) is 10.3 Å². The van der Waals surface area contributed by atoms with Crippen LogP contribution < -0.4 is 14.8 Å². The maximum atomic E-state index is 14.2. The number of ether oxygens (including phenoxy) is 3. The fourth-order valence-corrected chi connectivity index (χ4v) is 3.73. The molecule has 192 valence electrons. The van der Waals surface area contributed by atoms with E-state index in [0.29, 0.717) is 24.5 Å². The number of nitrogens with one attached hydrogen (secondary N) is 1. The number of amidine groups is 1. The van der Waals surface area contributed by atoms with Crippen LogP contribution in [0.15, 0.2) is 59.3 Å². The van der Waals surface area contributed by atoms with E-state index in [1.807, 2.05) is 44.2 Å². The molecule has 37 heavy (non-hydrogen) atoms. The molecule has 1 heterocycles. The molecular formula is C28H27FN2O6. The number of hydrogen-bond acceptors (Lipinski definition) is 6. The highest BCUT2D eigenvalue weighted by molar-refractivity contribution is 6.12. The monoisotopic (exact) mass is 506 g/mol. The lowest BCUT2D eigenvalue weighted by Gasteiger charge is -2.13. The maximum Gasteiger partial charge on any atom is 0.307 e. The predicted molar refractivity (Wildman–Crippen MR) is 138 cm³/mol. The Morgan fingerprint density at radius 2 is 1.84 bits per heavy atom. The summed E-state index contributed by atoms with van der Waals surface area (Å²) in [5, 5.41) is 13.2. The third-order valence-corrected chi connectivity index (χ3v) is 5.44. The summed E-state index contributed by atoms with van der Waals surface area (Å²) < 4.78 is 31.7. The first-order valence-electron chi connectivity index (χ1n) is 12.0. The van der Waals surface area contributed by atoms with Gasteiger partial charge in [-0.05, 0) is 60.2 Å². The molecule has 1 amide bonds. The van der Waals surface area contributed by atoms with Gasteiger partial charge in [-0.25, -0.2) is 4.39 Å². The molecule has 0 aliphatic carbocycles. The van der Waals surface area contributed by atoms with Gasteiger partial charge in [0.15, 0.2) is 5.76 Å². The van der Waals surface area contributed by atoms with Crippen molar-refractivity contribution in [3.8, 4) is 11.5 Å². The number of nitrogens with zero attached hydrogens (tertiary/aromatic N) is 1. The number of aliphatic imine (C=N–C) groups is 1. The number of carbonyl (C=O) groups is 2. The largest absolute Gasteiger partial charge is 0.493 e. The van der Waals surface area contributed by atoms with Crippen LogP contribution in [0.2, 0.25) is 0 Å². The first-order valence-corrected chi connectivity index (χ1v) is 12.0. The van der Waals surface area contributed by atoms with Crippen LogP contribution in [0.1, 0.15) is 37.8 Å². The second-order valence-electron chi connectivity index (χ2n) is 8.39. The molecule has 3 aromatic rings. The van der Waals surface area contributed by atoms with Gasteiger partial charge in [0.2, 0.25) is 0 Å². The molecule has 0 aromatic heterocycles. The van der Waals surface area contributed by atoms with Crippen LogP contribution in [-0.2, 0) is 20.7 Å². The van der Waals surface area contributed by atoms with Crippen LogP contribution in [0, 0.1) is 5.82 Å². The number of amides is 1. The lowest BCUT2D eigenvalue weighted by atomic mass is 10.0. The van der Waals surface area contributed by atoms with Gasteiger partial charge in [-0.3, -0.25) is 14.9 Å². The van der Waals surface area contributed by atoms with Crippen LogP contribution in [0.4, 0.5) is 10.1 Å². The number of carboxylic acids is 1. The predicted octanol–water partition coefficient (Wildman–Crippen LogP) is 5.36. The van der Waals surface area contributed by atoms with Gasteiger partial charge in [-0.2, -0.15) is 4.99 Å². The summed E-state index contributed by atoms with van der Waals surface area (Å²) >= 11 is 0. The average Bonchev–Trinajstić information content (AvgIpc) is 3.20. The Bertz CT molecular complexity index is 1400. The Hall–Kier alpha value is -4.40. The molecule has 0 spiro atoms. The van der Waals surface area contributed by atoms with Crippen molar-refractivity contribution in [2.24, 2.45) is 4.99 Å². The van der Waals surface area contributed by atoms with Gasteiger partial charge in [-0.1, -0.05) is 32.0 Å². The molecule has 1 saturated heterocycles. The minimum absolute atomic E-state index is 0.000746. The van der Waals surface area contributed by atoms with Crippen molar-refractivity contribution in [3.63, 3.8) is 0 Å². The molecule has 3 aromatic carbocycles. The zero-order valence-electron chi connectivity index (χ0n) is 20.5. The quantitative estimate of drug-likeness (QED) is 0.359. The minimum atomic E-state index is -1.14. The standard InChI is InChI=1S/C28H27FN2O6/c1-3-10-35-23-7-5-6-17-12-19(24(16-21(17)23)36-11-4-2)13-25-27(34)31-28(37-25)30-20-9-8-18(14-26(32)33)22(29)15-20/h5-9,12-13,15-16H,3-4,10-11,14H2,1-2H3,(H,32,33)(H,30,31,34)/b25-13-. The molecule has 4 rings (SSSR count). The van der Waals surface area contributed by atoms with Gasteiger partial charge >= 0.3 is 12.0 Å². The highest BCUT2D eigenvalue weighted by Crippen LogP contribution is 2.34. The average molecular weight is 507 g/mol. The van der Waals surface area contributed by atoms with Crippen molar-refractivity contribution in [2.45, 2.75) is 33.1 Å². The van der Waals surface area contributed by atoms with Crippen molar-refractivity contribution in [1.29, 1.82) is 0 Å². The van der Waals surface area contributed by atoms with E-state index in [9.17, 15) is 14.0 Å². The van der Waals surface area contributed by atoms with Gasteiger partial charge in [0.1, 0.15) is 17.3 Å². The van der Waals surface area contributed by atoms with Crippen LogP contribution in [0.5, 0.6) is 11.5 Å². The van der Waals surface area contributed by atoms with Crippen molar-refractivity contribution in [2.75, 3.05) is 13.2 Å². The number of halogens is 1. The smallest absolute Gasteiger partial charge is 0.307 e. The lowest BCUT2D eigenvalue weighted by Crippen LogP contribution is -2.20. The minimum Gasteiger partial charge on any atom is -0.493 e. The van der Waals surface area contributed by atoms with E-state index in [4.69, 9.17) is 19.3 Å². The van der Waals surface area contributed by atoms with Crippen molar-refractivity contribution < 1.29 is 33.3 Å². The number of benzene rings is 3. The molecular weight excluding hydrogens is 479 g/mol. The number of carboxylic acid groups (broad SMARTS) is 1. The third kappa shape index (κ3) is 6.24. The fourth-order valence-electron chi connectivity index (χ4n) is 3.73. The Balaban J connectivity index is 1.64. The lowest BCUT2D eigenvalue weighted by molar-refractivity contribution is -0.136. The molecule has 0 radical (unpaired) electrons. The zero-order valence-corrected chi connectivity index (χ0v) is 20.5. The normalized spacial score (nSPS) is 15.2. The molecule has 8 nitrogen and oxygen atoms in total. The Morgan fingerprint density at radius 1 is 1.08 bits per heavy atom. The Morgan fingerprint density at radius 3 is 2.54 bits per heavy atom. The summed E-state index contributed by atoms with van der Waals surface area (Å²) in [4.78, 5) is 27.6. The van der Waals surface area contributed by atoms with E-state index in [-0.39, 0.29) is 23.0 Å². The molecule has 2 N–H and O–H groups in total. The summed E-state index contributed by atoms with van der Waals surface area (Å²) in [6.45, 7) is 5.13. The van der Waals surface area contributed by atoms with Gasteiger partial charge in [0.05, 0.1) is 25.3 Å². The van der Waals surface area contributed by atoms with Crippen LogP contribution >= 0.6 is 0 Å². The third-order valence-electron chi connectivity index (χ3n) is 5.44. The second kappa shape index (κ2) is 11.6. The van der Waals surface area contributed by atoms with Crippen molar-refractivity contribution in [1.82, 2.24) is 5.32 Å². The van der Waals surface area contributed by atoms with E-state index >= 15 is 0 Å². The number of rotatable bonds is 10. The summed E-state index contributed by atoms with van der Waals surface area (Å²) in [5.41, 5.74) is 0.845. The SMILES string of the molecule is CCCOc1cc2c(OCCC)cccc2cc1/C=C1\OC(=Nc2ccc(CC(=O)O)c(F)c2)NC1=O. The van der Waals surface area contributed by atoms with Gasteiger partial charge < -0.3 is 19.3 Å². The number of carbonyl (C=O) groups excluding carboxylic acids is 1. The number of hydrogen-bond donors (Lipinski definition) is 2. The van der Waals surface area contributed by atoms with Crippen molar-refractivity contribution >= 4 is 40.4 Å². The van der Waals surface area contributed by atoms with Crippen LogP contribution in [0.3, 0.4) is 0 Å². The van der Waals surface area contributed by atoms with E-state index in [1.54, 1.807) is 6.08 Å². The second-order valence-corrected chi connectivity index (χ2v) is 8.39. The summed E-state index contributed by atoms with van der Waals surface area (Å²) in [6, 6.07) is 13.3. The Labute approximate surface area is 213 Å². The Kier molecular flexibility index (Phi) is 8.02. The molecule has 0 bridgehead atoms. The summed E-state index contributed by atoms with van der Waals surface area (Å²) in [6.07, 6.45) is 2.81. The van der Waals surface area contributed by atoms with E-state index in [0.717, 1.165) is 35.4 Å². The molecule has 0 saturated carbocycles. The summed E-state index contributed by atoms with van der Waals surface area (Å²) in [5.74, 6) is -1.03. The van der Waals surface area contributed by atoms with Crippen LogP contribution in [-0.4, -0.2) is 36.2 Å². The highest BCUT2D eigenvalue weighted by atomic mass is 19.1. The number of fused-ring (bicyclic) bond motifs is 1. The molecule has 9 heteroatoms. The van der Waals surface area contributed by atoms with Gasteiger partial charge in [0.25, 0.3) is 5.91 Å². The van der Waals surface area contributed by atoms with E-state index in [1.165, 1.54) is 12.1 Å². The first kappa shape index (κ1) is 25.7. The highest BCUT2D eigenvalue weighted by Gasteiger charge is 2.26. The molecule has 0 unspecified atom stereocenters. The molecule has 1 aliphatic rings. The van der Waals surface area contributed by atoms with Crippen molar-refractivity contribution in [3.05, 3.63) is 71.2 Å². The van der Waals surface area contributed by atoms with Crippen LogP contribution in [0.25, 0.3) is 16.8 Å². The molecule has 1 fully saturated rings. The number of aliphatic carboxylic acids is 1. The fraction of sp³-hybridized carbons (Fsp3) is 0.250. The summed E-state index contributed by atoms with van der Waals surface area (Å²) in [7, 11) is 0. The topological polar surface area (TPSA) is 106 Å². The maximum absolute atomic E-state index is 14.2. The molecule has 1 aliphatic heterocycles. The zero-order chi connectivity index (χ0) is 26.4. The van der Waals surface area contributed by atoms with Gasteiger partial charge in [-0.15, -0.1) is 0 Å². The van der Waals surface area contributed by atoms with E-state index < -0.39 is 24.1 Å².